The van der Waals surface area contributed by atoms with Gasteiger partial charge >= 0.3 is 5.97 Å². The maximum Gasteiger partial charge on any atom is 0.312 e. The van der Waals surface area contributed by atoms with Crippen LogP contribution in [0.4, 0.5) is 0 Å². The van der Waals surface area contributed by atoms with Gasteiger partial charge in [-0.15, -0.1) is 0 Å². The fraction of sp³-hybridized carbons (Fsp3) is 0.611. The highest BCUT2D eigenvalue weighted by Gasteiger charge is 2.24. The number of carbonyl (C=O) groups is 1. The fourth-order valence-corrected chi connectivity index (χ4v) is 2.94. The van der Waals surface area contributed by atoms with Crippen molar-refractivity contribution in [3.05, 3.63) is 35.9 Å². The van der Waals surface area contributed by atoms with Gasteiger partial charge in [-0.3, -0.25) is 4.79 Å². The second kappa shape index (κ2) is 7.75. The number of benzene rings is 1. The molecule has 1 aliphatic heterocycles. The molecule has 0 atom stereocenters. The van der Waals surface area contributed by atoms with Crippen LogP contribution in [0.5, 0.6) is 0 Å². The summed E-state index contributed by atoms with van der Waals surface area (Å²) in [4.78, 5) is 14.9. The molecular weight excluding hydrogens is 276 g/mol. The summed E-state index contributed by atoms with van der Waals surface area (Å²) in [5.74, 6) is -0.0703. The molecule has 2 rings (SSSR count). The molecule has 4 heteroatoms. The van der Waals surface area contributed by atoms with E-state index in [9.17, 15) is 4.79 Å². The molecule has 0 amide bonds. The molecule has 1 aromatic rings. The number of ether oxygens (including phenoxy) is 1. The van der Waals surface area contributed by atoms with E-state index < -0.39 is 0 Å². The van der Waals surface area contributed by atoms with Gasteiger partial charge in [-0.1, -0.05) is 30.3 Å². The van der Waals surface area contributed by atoms with Gasteiger partial charge in [0.15, 0.2) is 0 Å². The van der Waals surface area contributed by atoms with Gasteiger partial charge in [0.25, 0.3) is 0 Å². The zero-order valence-corrected chi connectivity index (χ0v) is 14.2. The summed E-state index contributed by atoms with van der Waals surface area (Å²) in [5, 5.41) is 0. The minimum absolute atomic E-state index is 0.0703. The van der Waals surface area contributed by atoms with E-state index >= 15 is 0 Å². The second-order valence-corrected chi connectivity index (χ2v) is 7.25. The molecule has 0 aliphatic carbocycles. The van der Waals surface area contributed by atoms with Crippen LogP contribution in [0.2, 0.25) is 0 Å². The van der Waals surface area contributed by atoms with E-state index in [2.05, 4.69) is 30.3 Å². The van der Waals surface area contributed by atoms with Crippen molar-refractivity contribution in [2.24, 2.45) is 0 Å². The number of nitrogens with one attached hydrogen (secondary N) is 2. The van der Waals surface area contributed by atoms with Crippen LogP contribution in [-0.2, 0) is 16.1 Å². The minimum Gasteiger partial charge on any atom is -0.460 e. The Morgan fingerprint density at radius 1 is 1.05 bits per heavy atom. The Morgan fingerprint density at radius 2 is 1.64 bits per heavy atom. The lowest BCUT2D eigenvalue weighted by molar-refractivity contribution is -1.02. The first kappa shape index (κ1) is 17.0. The molecule has 0 bridgehead atoms. The van der Waals surface area contributed by atoms with Gasteiger partial charge < -0.3 is 14.5 Å². The highest BCUT2D eigenvalue weighted by Crippen LogP contribution is 2.07. The number of rotatable bonds is 5. The van der Waals surface area contributed by atoms with Gasteiger partial charge in [-0.25, -0.2) is 0 Å². The predicted molar refractivity (Wildman–Crippen MR) is 86.9 cm³/mol. The van der Waals surface area contributed by atoms with E-state index in [-0.39, 0.29) is 11.6 Å². The Kier molecular flexibility index (Phi) is 5.98. The van der Waals surface area contributed by atoms with Crippen LogP contribution in [0.1, 0.15) is 32.8 Å². The third-order valence-corrected chi connectivity index (χ3v) is 4.06. The molecule has 0 saturated carbocycles. The SMILES string of the molecule is CC(C)(C)OC(=O)CC[NH+]1CC[NH+](Cc2ccccc2)CC1. The van der Waals surface area contributed by atoms with Crippen LogP contribution in [0.3, 0.4) is 0 Å². The molecule has 0 unspecified atom stereocenters. The number of hydrogen-bond acceptors (Lipinski definition) is 2. The van der Waals surface area contributed by atoms with E-state index in [4.69, 9.17) is 4.74 Å². The molecular formula is C18H30N2O2+2. The maximum absolute atomic E-state index is 11.8. The van der Waals surface area contributed by atoms with E-state index in [0.717, 1.165) is 26.2 Å². The van der Waals surface area contributed by atoms with Crippen molar-refractivity contribution in [1.29, 1.82) is 0 Å². The zero-order chi connectivity index (χ0) is 16.0. The van der Waals surface area contributed by atoms with Crippen molar-refractivity contribution in [3.8, 4) is 0 Å². The first-order chi connectivity index (χ1) is 10.4. The number of esters is 1. The number of quaternary nitrogens is 2. The van der Waals surface area contributed by atoms with E-state index in [0.29, 0.717) is 6.42 Å². The van der Waals surface area contributed by atoms with Crippen molar-refractivity contribution in [2.75, 3.05) is 32.7 Å². The third-order valence-electron chi connectivity index (χ3n) is 4.06. The average Bonchev–Trinajstić information content (AvgIpc) is 2.46. The first-order valence-corrected chi connectivity index (χ1v) is 8.35. The monoisotopic (exact) mass is 306 g/mol. The smallest absolute Gasteiger partial charge is 0.312 e. The molecule has 122 valence electrons. The van der Waals surface area contributed by atoms with E-state index in [1.807, 2.05) is 20.8 Å². The minimum atomic E-state index is -0.370. The molecule has 1 heterocycles. The Labute approximate surface area is 134 Å². The zero-order valence-electron chi connectivity index (χ0n) is 14.2. The highest BCUT2D eigenvalue weighted by molar-refractivity contribution is 5.69. The molecule has 1 aromatic carbocycles. The summed E-state index contributed by atoms with van der Waals surface area (Å²) in [6.45, 7) is 12.4. The largest absolute Gasteiger partial charge is 0.460 e. The Balaban J connectivity index is 1.66. The van der Waals surface area contributed by atoms with Crippen LogP contribution in [0.25, 0.3) is 0 Å². The Hall–Kier alpha value is -1.39. The molecule has 1 fully saturated rings. The lowest BCUT2D eigenvalue weighted by atomic mass is 10.2. The van der Waals surface area contributed by atoms with Crippen molar-refractivity contribution >= 4 is 5.97 Å². The Bertz CT molecular complexity index is 460. The Morgan fingerprint density at radius 3 is 2.23 bits per heavy atom. The second-order valence-electron chi connectivity index (χ2n) is 7.25. The quantitative estimate of drug-likeness (QED) is 0.733. The van der Waals surface area contributed by atoms with E-state index in [1.54, 1.807) is 4.90 Å². The predicted octanol–water partition coefficient (Wildman–Crippen LogP) is -0.298. The molecule has 2 N–H and O–H groups in total. The van der Waals surface area contributed by atoms with Gasteiger partial charge in [0, 0.05) is 5.56 Å². The maximum atomic E-state index is 11.8. The number of carbonyl (C=O) groups excluding carboxylic acids is 1. The van der Waals surface area contributed by atoms with Crippen molar-refractivity contribution < 1.29 is 19.3 Å². The summed E-state index contributed by atoms with van der Waals surface area (Å²) in [6, 6.07) is 10.7. The van der Waals surface area contributed by atoms with Crippen molar-refractivity contribution in [3.63, 3.8) is 0 Å². The number of piperazine rings is 1. The van der Waals surface area contributed by atoms with Crippen molar-refractivity contribution in [1.82, 2.24) is 0 Å². The van der Waals surface area contributed by atoms with Gasteiger partial charge in [0.2, 0.25) is 0 Å². The molecule has 1 aliphatic rings. The normalized spacial score (nSPS) is 22.3. The lowest BCUT2D eigenvalue weighted by Crippen LogP contribution is -3.27. The van der Waals surface area contributed by atoms with Crippen LogP contribution in [0.15, 0.2) is 30.3 Å². The molecule has 0 spiro atoms. The van der Waals surface area contributed by atoms with Gasteiger partial charge in [0.1, 0.15) is 38.3 Å². The summed E-state index contributed by atoms with van der Waals surface area (Å²) >= 11 is 0. The molecule has 0 aromatic heterocycles. The van der Waals surface area contributed by atoms with Crippen LogP contribution >= 0.6 is 0 Å². The van der Waals surface area contributed by atoms with Gasteiger partial charge in [-0.05, 0) is 20.8 Å². The molecule has 1 saturated heterocycles. The summed E-state index contributed by atoms with van der Waals surface area (Å²) < 4.78 is 5.37. The average molecular weight is 306 g/mol. The summed E-state index contributed by atoms with van der Waals surface area (Å²) in [5.41, 5.74) is 1.04. The number of hydrogen-bond donors (Lipinski definition) is 2. The topological polar surface area (TPSA) is 35.2 Å². The van der Waals surface area contributed by atoms with Crippen LogP contribution < -0.4 is 9.80 Å². The van der Waals surface area contributed by atoms with Gasteiger partial charge in [0.05, 0.1) is 13.0 Å². The molecule has 4 nitrogen and oxygen atoms in total. The summed E-state index contributed by atoms with van der Waals surface area (Å²) in [7, 11) is 0. The lowest BCUT2D eigenvalue weighted by Gasteiger charge is -2.29. The third kappa shape index (κ3) is 6.16. The van der Waals surface area contributed by atoms with Gasteiger partial charge in [-0.2, -0.15) is 0 Å². The van der Waals surface area contributed by atoms with Crippen LogP contribution in [-0.4, -0.2) is 44.3 Å². The first-order valence-electron chi connectivity index (χ1n) is 8.35. The van der Waals surface area contributed by atoms with Crippen molar-refractivity contribution in [2.45, 2.75) is 39.3 Å². The highest BCUT2D eigenvalue weighted by atomic mass is 16.6. The molecule has 22 heavy (non-hydrogen) atoms. The summed E-state index contributed by atoms with van der Waals surface area (Å²) in [6.07, 6.45) is 0.528. The fourth-order valence-electron chi connectivity index (χ4n) is 2.94. The van der Waals surface area contributed by atoms with Crippen LogP contribution in [0, 0.1) is 0 Å². The molecule has 0 radical (unpaired) electrons. The standard InChI is InChI=1S/C18H28N2O2/c1-18(2,3)22-17(21)9-10-19-11-13-20(14-12-19)15-16-7-5-4-6-8-16/h4-8H,9-15H2,1-3H3/p+2. The van der Waals surface area contributed by atoms with E-state index in [1.165, 1.54) is 23.6 Å².